The summed E-state index contributed by atoms with van der Waals surface area (Å²) in [5.41, 5.74) is 1.73. The Morgan fingerprint density at radius 2 is 1.65 bits per heavy atom. The maximum absolute atomic E-state index is 13.0. The van der Waals surface area contributed by atoms with E-state index in [1.165, 1.54) is 57.8 Å². The van der Waals surface area contributed by atoms with E-state index < -0.39 is 6.04 Å². The topological polar surface area (TPSA) is 75.7 Å². The molecular formula is C30H40N2O4S. The maximum Gasteiger partial charge on any atom is 0.255 e. The summed E-state index contributed by atoms with van der Waals surface area (Å²) in [4.78, 5) is 39.6. The van der Waals surface area contributed by atoms with Crippen LogP contribution in [-0.4, -0.2) is 47.1 Å². The van der Waals surface area contributed by atoms with Crippen LogP contribution in [0, 0.1) is 23.7 Å². The van der Waals surface area contributed by atoms with Crippen LogP contribution >= 0.6 is 11.8 Å². The molecule has 7 heteroatoms. The molecule has 0 aromatic heterocycles. The van der Waals surface area contributed by atoms with Gasteiger partial charge >= 0.3 is 0 Å². The first-order valence-corrected chi connectivity index (χ1v) is 15.6. The lowest BCUT2D eigenvalue weighted by Crippen LogP contribution is -2.52. The van der Waals surface area contributed by atoms with Crippen LogP contribution in [0.5, 0.6) is 0 Å². The fourth-order valence-electron chi connectivity index (χ4n) is 7.98. The number of hydrogen-bond donors (Lipinski definition) is 1. The van der Waals surface area contributed by atoms with Gasteiger partial charge in [-0.15, -0.1) is 11.8 Å². The average molecular weight is 525 g/mol. The summed E-state index contributed by atoms with van der Waals surface area (Å²) < 4.78 is 6.44. The summed E-state index contributed by atoms with van der Waals surface area (Å²) in [7, 11) is 0. The third kappa shape index (κ3) is 5.36. The van der Waals surface area contributed by atoms with Gasteiger partial charge in [0.05, 0.1) is 6.10 Å². The number of piperidine rings is 1. The molecule has 1 aromatic rings. The summed E-state index contributed by atoms with van der Waals surface area (Å²) in [6, 6.07) is 5.34. The van der Waals surface area contributed by atoms with Gasteiger partial charge in [-0.25, -0.2) is 0 Å². The number of carbonyl (C=O) groups excluding carboxylic acids is 3. The summed E-state index contributed by atoms with van der Waals surface area (Å²) >= 11 is 1.82. The minimum Gasteiger partial charge on any atom is -0.378 e. The van der Waals surface area contributed by atoms with Gasteiger partial charge in [0.25, 0.3) is 5.91 Å². The second-order valence-corrected chi connectivity index (χ2v) is 13.2. The van der Waals surface area contributed by atoms with Crippen LogP contribution in [0.3, 0.4) is 0 Å². The van der Waals surface area contributed by atoms with Crippen LogP contribution in [0.15, 0.2) is 23.1 Å². The normalized spacial score (nSPS) is 32.2. The van der Waals surface area contributed by atoms with Gasteiger partial charge in [-0.05, 0) is 98.5 Å². The molecule has 200 valence electrons. The number of benzene rings is 1. The van der Waals surface area contributed by atoms with E-state index in [4.69, 9.17) is 4.74 Å². The number of ether oxygens (including phenoxy) is 1. The Hall–Kier alpha value is -1.86. The van der Waals surface area contributed by atoms with E-state index in [9.17, 15) is 14.4 Å². The summed E-state index contributed by atoms with van der Waals surface area (Å²) in [5.74, 6) is 4.09. The van der Waals surface area contributed by atoms with Crippen molar-refractivity contribution in [2.45, 2.75) is 101 Å². The lowest BCUT2D eigenvalue weighted by Gasteiger charge is -2.54. The van der Waals surface area contributed by atoms with Gasteiger partial charge in [-0.3, -0.25) is 19.7 Å². The predicted molar refractivity (Wildman–Crippen MR) is 143 cm³/mol. The van der Waals surface area contributed by atoms with E-state index in [0.29, 0.717) is 24.6 Å². The first-order valence-electron chi connectivity index (χ1n) is 14.6. The van der Waals surface area contributed by atoms with Crippen molar-refractivity contribution >= 4 is 29.5 Å². The number of thioether (sulfide) groups is 1. The van der Waals surface area contributed by atoms with Crippen molar-refractivity contribution in [1.82, 2.24) is 10.2 Å². The van der Waals surface area contributed by atoms with Crippen LogP contribution in [0.1, 0.15) is 93.0 Å². The molecule has 4 aliphatic carbocycles. The van der Waals surface area contributed by atoms with E-state index >= 15 is 0 Å². The van der Waals surface area contributed by atoms with E-state index in [0.717, 1.165) is 52.9 Å². The molecule has 2 aliphatic heterocycles. The number of fused-ring (bicyclic) bond motifs is 1. The van der Waals surface area contributed by atoms with Crippen molar-refractivity contribution in [3.8, 4) is 0 Å². The quantitative estimate of drug-likeness (QED) is 0.241. The number of nitrogens with zero attached hydrogens (tertiary/aromatic N) is 1. The molecule has 6 nitrogen and oxygen atoms in total. The molecular weight excluding hydrogens is 484 g/mol. The molecule has 6 aliphatic rings. The van der Waals surface area contributed by atoms with Crippen molar-refractivity contribution in [1.29, 1.82) is 0 Å². The van der Waals surface area contributed by atoms with E-state index in [2.05, 4.69) is 11.4 Å². The smallest absolute Gasteiger partial charge is 0.255 e. The van der Waals surface area contributed by atoms with Gasteiger partial charge in [0.1, 0.15) is 6.04 Å². The lowest BCUT2D eigenvalue weighted by molar-refractivity contribution is -0.136. The fraction of sp³-hybridized carbons (Fsp3) is 0.700. The summed E-state index contributed by atoms with van der Waals surface area (Å²) in [5, 5.41) is 2.38. The van der Waals surface area contributed by atoms with Gasteiger partial charge in [-0.1, -0.05) is 25.3 Å². The number of nitrogens with one attached hydrogen (secondary N) is 1. The highest BCUT2D eigenvalue weighted by atomic mass is 32.2. The summed E-state index contributed by atoms with van der Waals surface area (Å²) in [6.07, 6.45) is 14.6. The molecule has 1 aromatic carbocycles. The highest BCUT2D eigenvalue weighted by Gasteiger charge is 2.48. The highest BCUT2D eigenvalue weighted by molar-refractivity contribution is 7.99. The first kappa shape index (κ1) is 25.4. The highest BCUT2D eigenvalue weighted by Crippen LogP contribution is 2.54. The van der Waals surface area contributed by atoms with Gasteiger partial charge in [0.2, 0.25) is 11.8 Å². The minimum atomic E-state index is -0.553. The van der Waals surface area contributed by atoms with Crippen molar-refractivity contribution < 1.29 is 19.1 Å². The predicted octanol–water partition coefficient (Wildman–Crippen LogP) is 5.33. The van der Waals surface area contributed by atoms with Crippen LogP contribution < -0.4 is 5.32 Å². The Morgan fingerprint density at radius 3 is 2.41 bits per heavy atom. The third-order valence-corrected chi connectivity index (χ3v) is 10.7. The molecule has 4 saturated carbocycles. The van der Waals surface area contributed by atoms with Crippen molar-refractivity contribution in [3.63, 3.8) is 0 Å². The Kier molecular flexibility index (Phi) is 7.62. The van der Waals surface area contributed by atoms with Gasteiger partial charge in [0, 0.05) is 30.0 Å². The van der Waals surface area contributed by atoms with Gasteiger partial charge < -0.3 is 9.64 Å². The van der Waals surface area contributed by atoms with Crippen molar-refractivity contribution in [2.24, 2.45) is 23.7 Å². The second-order valence-electron chi connectivity index (χ2n) is 12.1. The number of amides is 3. The number of imide groups is 1. The zero-order chi connectivity index (χ0) is 25.4. The van der Waals surface area contributed by atoms with E-state index in [1.807, 2.05) is 23.9 Å². The fourth-order valence-corrected chi connectivity index (χ4v) is 9.07. The molecule has 1 N–H and O–H groups in total. The standard InChI is InChI=1S/C30H40N2O4S/c33-27-10-9-25(29(34)31-27)32-18-24-23(30(32)35)7-6-8-26(24)37-12-5-3-1-2-4-11-36-28-21-14-19-13-20(16-21)17-22(28)15-19/h6-8,19-22,25,28H,1-5,9-18H2,(H,31,33,34). The molecule has 4 bridgehead atoms. The first-order chi connectivity index (χ1) is 18.1. The zero-order valence-corrected chi connectivity index (χ0v) is 22.6. The SMILES string of the molecule is O=C1CCC(N2Cc3c(SCCCCCCCOC4C5CC6CC(C5)CC4C6)cccc3C2=O)C(=O)N1. The van der Waals surface area contributed by atoms with Gasteiger partial charge in [-0.2, -0.15) is 0 Å². The van der Waals surface area contributed by atoms with Crippen molar-refractivity contribution in [2.75, 3.05) is 12.4 Å². The number of hydrogen-bond acceptors (Lipinski definition) is 5. The molecule has 5 fully saturated rings. The molecule has 1 saturated heterocycles. The average Bonchev–Trinajstić information content (AvgIpc) is 3.21. The van der Waals surface area contributed by atoms with Crippen LogP contribution in [0.25, 0.3) is 0 Å². The molecule has 3 amide bonds. The number of rotatable bonds is 11. The van der Waals surface area contributed by atoms with Crippen LogP contribution in [-0.2, 0) is 20.9 Å². The molecule has 7 rings (SSSR count). The Balaban J connectivity index is 0.887. The molecule has 2 heterocycles. The largest absolute Gasteiger partial charge is 0.378 e. The monoisotopic (exact) mass is 524 g/mol. The third-order valence-electron chi connectivity index (χ3n) is 9.54. The summed E-state index contributed by atoms with van der Waals surface area (Å²) in [6.45, 7) is 1.39. The lowest BCUT2D eigenvalue weighted by atomic mass is 9.55. The Bertz CT molecular complexity index is 1010. The molecule has 1 unspecified atom stereocenters. The van der Waals surface area contributed by atoms with Crippen molar-refractivity contribution in [3.05, 3.63) is 29.3 Å². The second kappa shape index (κ2) is 11.1. The van der Waals surface area contributed by atoms with E-state index in [-0.39, 0.29) is 24.1 Å². The van der Waals surface area contributed by atoms with Crippen LogP contribution in [0.2, 0.25) is 0 Å². The molecule has 0 spiro atoms. The minimum absolute atomic E-state index is 0.0946. The Labute approximate surface area is 224 Å². The number of carbonyl (C=O) groups is 3. The zero-order valence-electron chi connectivity index (χ0n) is 21.8. The van der Waals surface area contributed by atoms with Gasteiger partial charge in [0.15, 0.2) is 0 Å². The molecule has 0 radical (unpaired) electrons. The molecule has 1 atom stereocenters. The van der Waals surface area contributed by atoms with Crippen LogP contribution in [0.4, 0.5) is 0 Å². The Morgan fingerprint density at radius 1 is 0.919 bits per heavy atom. The van der Waals surface area contributed by atoms with E-state index in [1.54, 1.807) is 4.90 Å². The maximum atomic E-state index is 13.0. The molecule has 37 heavy (non-hydrogen) atoms. The number of unbranched alkanes of at least 4 members (excludes halogenated alkanes) is 4.